The Bertz CT molecular complexity index is 987. The highest BCUT2D eigenvalue weighted by Gasteiger charge is 2.29. The number of benzene rings is 2. The van der Waals surface area contributed by atoms with Crippen LogP contribution in [0.15, 0.2) is 60.7 Å². The Morgan fingerprint density at radius 2 is 1.70 bits per heavy atom. The molecule has 0 aliphatic heterocycles. The molecule has 0 bridgehead atoms. The third kappa shape index (κ3) is 4.62. The molecular formula is C25H30N4O. The van der Waals surface area contributed by atoms with Crippen molar-refractivity contribution >= 4 is 5.91 Å². The number of rotatable bonds is 9. The molecular weight excluding hydrogens is 372 g/mol. The zero-order valence-corrected chi connectivity index (χ0v) is 17.8. The molecule has 1 aliphatic carbocycles. The van der Waals surface area contributed by atoms with Crippen molar-refractivity contribution in [3.05, 3.63) is 83.2 Å². The molecule has 3 aromatic rings. The van der Waals surface area contributed by atoms with E-state index >= 15 is 0 Å². The van der Waals surface area contributed by atoms with E-state index in [0.717, 1.165) is 49.4 Å². The summed E-state index contributed by atoms with van der Waals surface area (Å²) in [6.45, 7) is 7.78. The van der Waals surface area contributed by atoms with Crippen LogP contribution in [-0.2, 0) is 13.1 Å². The molecule has 5 heteroatoms. The zero-order chi connectivity index (χ0) is 20.9. The van der Waals surface area contributed by atoms with Crippen molar-refractivity contribution in [2.24, 2.45) is 0 Å². The third-order valence-electron chi connectivity index (χ3n) is 5.80. The fourth-order valence-electron chi connectivity index (χ4n) is 3.74. The number of carbonyl (C=O) groups is 1. The SMILES string of the molecule is CCN(CC)Cc1ccccc1CNC(=O)c1cc(C2CC2)nn1-c1ccccc1. The van der Waals surface area contributed by atoms with Gasteiger partial charge < -0.3 is 5.32 Å². The van der Waals surface area contributed by atoms with E-state index in [1.807, 2.05) is 42.5 Å². The summed E-state index contributed by atoms with van der Waals surface area (Å²) in [5.74, 6) is 0.409. The second-order valence-electron chi connectivity index (χ2n) is 7.89. The largest absolute Gasteiger partial charge is 0.347 e. The van der Waals surface area contributed by atoms with E-state index in [9.17, 15) is 4.79 Å². The number of carbonyl (C=O) groups excluding carboxylic acids is 1. The Kier molecular flexibility index (Phi) is 6.29. The zero-order valence-electron chi connectivity index (χ0n) is 17.8. The van der Waals surface area contributed by atoms with Crippen LogP contribution in [0, 0.1) is 0 Å². The molecule has 4 rings (SSSR count). The van der Waals surface area contributed by atoms with Crippen molar-refractivity contribution in [3.63, 3.8) is 0 Å². The number of para-hydroxylation sites is 1. The maximum atomic E-state index is 13.1. The molecule has 30 heavy (non-hydrogen) atoms. The Morgan fingerprint density at radius 1 is 1.03 bits per heavy atom. The first kappa shape index (κ1) is 20.4. The molecule has 1 fully saturated rings. The van der Waals surface area contributed by atoms with Crippen molar-refractivity contribution in [3.8, 4) is 5.69 Å². The first-order valence-electron chi connectivity index (χ1n) is 10.9. The van der Waals surface area contributed by atoms with Gasteiger partial charge in [-0.1, -0.05) is 56.3 Å². The Hall–Kier alpha value is -2.92. The molecule has 1 saturated carbocycles. The minimum Gasteiger partial charge on any atom is -0.347 e. The van der Waals surface area contributed by atoms with Crippen molar-refractivity contribution in [2.45, 2.75) is 45.7 Å². The van der Waals surface area contributed by atoms with Gasteiger partial charge in [0.05, 0.1) is 11.4 Å². The van der Waals surface area contributed by atoms with E-state index in [0.29, 0.717) is 18.2 Å². The Balaban J connectivity index is 1.53. The lowest BCUT2D eigenvalue weighted by Crippen LogP contribution is -2.27. The van der Waals surface area contributed by atoms with E-state index in [-0.39, 0.29) is 5.91 Å². The molecule has 1 amide bonds. The lowest BCUT2D eigenvalue weighted by Gasteiger charge is -2.20. The average Bonchev–Trinajstić information content (AvgIpc) is 3.55. The molecule has 1 aliphatic rings. The van der Waals surface area contributed by atoms with Gasteiger partial charge in [0.2, 0.25) is 0 Å². The maximum Gasteiger partial charge on any atom is 0.270 e. The fourth-order valence-corrected chi connectivity index (χ4v) is 3.74. The molecule has 1 N–H and O–H groups in total. The normalized spacial score (nSPS) is 13.6. The van der Waals surface area contributed by atoms with Crippen molar-refractivity contribution in [1.82, 2.24) is 20.0 Å². The summed E-state index contributed by atoms with van der Waals surface area (Å²) in [7, 11) is 0. The Labute approximate surface area is 178 Å². The average molecular weight is 403 g/mol. The highest BCUT2D eigenvalue weighted by atomic mass is 16.2. The molecule has 156 valence electrons. The summed E-state index contributed by atoms with van der Waals surface area (Å²) >= 11 is 0. The van der Waals surface area contributed by atoms with Gasteiger partial charge in [-0.05, 0) is 55.3 Å². The molecule has 0 saturated heterocycles. The number of amides is 1. The van der Waals surface area contributed by atoms with Crippen LogP contribution < -0.4 is 5.32 Å². The second kappa shape index (κ2) is 9.26. The maximum absolute atomic E-state index is 13.1. The molecule has 0 atom stereocenters. The van der Waals surface area contributed by atoms with Crippen LogP contribution in [-0.4, -0.2) is 33.7 Å². The summed E-state index contributed by atoms with van der Waals surface area (Å²) < 4.78 is 1.78. The molecule has 0 radical (unpaired) electrons. The van der Waals surface area contributed by atoms with Crippen molar-refractivity contribution < 1.29 is 4.79 Å². The first-order chi connectivity index (χ1) is 14.7. The molecule has 1 heterocycles. The quantitative estimate of drug-likeness (QED) is 0.572. The summed E-state index contributed by atoms with van der Waals surface area (Å²) in [5.41, 5.74) is 4.95. The third-order valence-corrected chi connectivity index (χ3v) is 5.80. The molecule has 5 nitrogen and oxygen atoms in total. The van der Waals surface area contributed by atoms with Crippen molar-refractivity contribution in [1.29, 1.82) is 0 Å². The molecule has 2 aromatic carbocycles. The molecule has 1 aromatic heterocycles. The van der Waals surface area contributed by atoms with E-state index in [1.165, 1.54) is 5.56 Å². The second-order valence-corrected chi connectivity index (χ2v) is 7.89. The van der Waals surface area contributed by atoms with Gasteiger partial charge in [0.25, 0.3) is 5.91 Å². The van der Waals surface area contributed by atoms with Gasteiger partial charge in [0, 0.05) is 19.0 Å². The highest BCUT2D eigenvalue weighted by molar-refractivity contribution is 5.93. The van der Waals surface area contributed by atoms with E-state index in [1.54, 1.807) is 4.68 Å². The summed E-state index contributed by atoms with van der Waals surface area (Å²) in [6, 6.07) is 20.2. The standard InChI is InChI=1S/C25H30N4O/c1-3-28(4-2)18-21-11-9-8-10-20(21)17-26-25(30)24-16-23(19-14-15-19)27-29(24)22-12-6-5-7-13-22/h5-13,16,19H,3-4,14-15,17-18H2,1-2H3,(H,26,30). The molecule has 0 unspecified atom stereocenters. The minimum atomic E-state index is -0.0871. The van der Waals surface area contributed by atoms with Gasteiger partial charge in [0.1, 0.15) is 5.69 Å². The summed E-state index contributed by atoms with van der Waals surface area (Å²) in [6.07, 6.45) is 2.32. The lowest BCUT2D eigenvalue weighted by atomic mass is 10.1. The van der Waals surface area contributed by atoms with Gasteiger partial charge in [0.15, 0.2) is 0 Å². The highest BCUT2D eigenvalue weighted by Crippen LogP contribution is 2.39. The van der Waals surface area contributed by atoms with Gasteiger partial charge in [-0.3, -0.25) is 9.69 Å². The van der Waals surface area contributed by atoms with Crippen LogP contribution >= 0.6 is 0 Å². The van der Waals surface area contributed by atoms with Crippen LogP contribution in [0.5, 0.6) is 0 Å². The predicted octanol–water partition coefficient (Wildman–Crippen LogP) is 4.52. The van der Waals surface area contributed by atoms with E-state index in [2.05, 4.69) is 42.3 Å². The monoisotopic (exact) mass is 402 g/mol. The topological polar surface area (TPSA) is 50.2 Å². The number of hydrogen-bond donors (Lipinski definition) is 1. The minimum absolute atomic E-state index is 0.0871. The van der Waals surface area contributed by atoms with Gasteiger partial charge >= 0.3 is 0 Å². The number of nitrogens with zero attached hydrogens (tertiary/aromatic N) is 3. The summed E-state index contributed by atoms with van der Waals surface area (Å²) in [4.78, 5) is 15.5. The van der Waals surface area contributed by atoms with E-state index in [4.69, 9.17) is 5.10 Å². The fraction of sp³-hybridized carbons (Fsp3) is 0.360. The Morgan fingerprint density at radius 3 is 2.37 bits per heavy atom. The van der Waals surface area contributed by atoms with Crippen LogP contribution in [0.3, 0.4) is 0 Å². The lowest BCUT2D eigenvalue weighted by molar-refractivity contribution is 0.0943. The van der Waals surface area contributed by atoms with Crippen LogP contribution in [0.4, 0.5) is 0 Å². The number of aromatic nitrogens is 2. The van der Waals surface area contributed by atoms with Gasteiger partial charge in [-0.15, -0.1) is 0 Å². The predicted molar refractivity (Wildman–Crippen MR) is 120 cm³/mol. The van der Waals surface area contributed by atoms with Crippen LogP contribution in [0.2, 0.25) is 0 Å². The first-order valence-corrected chi connectivity index (χ1v) is 10.9. The molecule has 0 spiro atoms. The van der Waals surface area contributed by atoms with E-state index < -0.39 is 0 Å². The number of nitrogens with one attached hydrogen (secondary N) is 1. The van der Waals surface area contributed by atoms with Crippen LogP contribution in [0.25, 0.3) is 5.69 Å². The van der Waals surface area contributed by atoms with Crippen molar-refractivity contribution in [2.75, 3.05) is 13.1 Å². The van der Waals surface area contributed by atoms with Gasteiger partial charge in [-0.2, -0.15) is 5.10 Å². The number of hydrogen-bond acceptors (Lipinski definition) is 3. The summed E-state index contributed by atoms with van der Waals surface area (Å²) in [5, 5.41) is 7.88. The smallest absolute Gasteiger partial charge is 0.270 e. The van der Waals surface area contributed by atoms with Crippen LogP contribution in [0.1, 0.15) is 59.9 Å². The van der Waals surface area contributed by atoms with Gasteiger partial charge in [-0.25, -0.2) is 4.68 Å².